The van der Waals surface area contributed by atoms with Crippen LogP contribution in [0.3, 0.4) is 0 Å². The van der Waals surface area contributed by atoms with Crippen molar-refractivity contribution in [2.45, 2.75) is 13.2 Å². The van der Waals surface area contributed by atoms with E-state index in [1.54, 1.807) is 0 Å². The number of rotatable bonds is 0. The monoisotopic (exact) mass is 176 g/mol. The SMILES string of the molecule is CC1=CB(Cl)Cc2ccccc21. The van der Waals surface area contributed by atoms with Gasteiger partial charge in [0.1, 0.15) is 0 Å². The fraction of sp³-hybridized carbons (Fsp3) is 0.200. The smallest absolute Gasteiger partial charge is 0.189 e. The van der Waals surface area contributed by atoms with Crippen LogP contribution in [-0.4, -0.2) is 6.13 Å². The third-order valence-corrected chi connectivity index (χ3v) is 2.57. The lowest BCUT2D eigenvalue weighted by Crippen LogP contribution is -2.12. The average Bonchev–Trinajstić information content (AvgIpc) is 2.04. The topological polar surface area (TPSA) is 0 Å². The molecule has 1 aliphatic heterocycles. The molecule has 0 nitrogen and oxygen atoms in total. The highest BCUT2D eigenvalue weighted by atomic mass is 35.5. The molecular weight excluding hydrogens is 166 g/mol. The van der Waals surface area contributed by atoms with Gasteiger partial charge in [0, 0.05) is 0 Å². The van der Waals surface area contributed by atoms with Crippen LogP contribution < -0.4 is 0 Å². The molecule has 0 atom stereocenters. The summed E-state index contributed by atoms with van der Waals surface area (Å²) in [5.74, 6) is 2.13. The molecule has 0 saturated carbocycles. The third kappa shape index (κ3) is 1.29. The largest absolute Gasteiger partial charge is 0.280 e. The predicted octanol–water partition coefficient (Wildman–Crippen LogP) is 2.95. The maximum Gasteiger partial charge on any atom is 0.280 e. The molecule has 0 aliphatic carbocycles. The lowest BCUT2D eigenvalue weighted by Gasteiger charge is -2.16. The zero-order valence-electron chi connectivity index (χ0n) is 7.05. The Bertz CT molecular complexity index is 330. The van der Waals surface area contributed by atoms with Crippen LogP contribution in [0.1, 0.15) is 18.1 Å². The number of fused-ring (bicyclic) bond motifs is 1. The van der Waals surface area contributed by atoms with Crippen LogP contribution >= 0.6 is 11.5 Å². The Balaban J connectivity index is 2.53. The van der Waals surface area contributed by atoms with Gasteiger partial charge in [-0.25, -0.2) is 0 Å². The van der Waals surface area contributed by atoms with Crippen molar-refractivity contribution < 1.29 is 0 Å². The molecule has 0 N–H and O–H groups in total. The van der Waals surface area contributed by atoms with E-state index >= 15 is 0 Å². The van der Waals surface area contributed by atoms with Gasteiger partial charge in [0.25, 0.3) is 6.13 Å². The van der Waals surface area contributed by atoms with Gasteiger partial charge in [0.15, 0.2) is 0 Å². The highest BCUT2D eigenvalue weighted by Crippen LogP contribution is 2.25. The summed E-state index contributed by atoms with van der Waals surface area (Å²) in [7, 11) is 0. The lowest BCUT2D eigenvalue weighted by molar-refractivity contribution is 1.32. The minimum atomic E-state index is 0.180. The maximum atomic E-state index is 6.06. The van der Waals surface area contributed by atoms with Crippen molar-refractivity contribution in [1.29, 1.82) is 0 Å². The predicted molar refractivity (Wildman–Crippen MR) is 55.4 cm³/mol. The van der Waals surface area contributed by atoms with Gasteiger partial charge in [-0.05, 0) is 24.4 Å². The van der Waals surface area contributed by atoms with Gasteiger partial charge in [-0.3, -0.25) is 0 Å². The van der Waals surface area contributed by atoms with Crippen molar-refractivity contribution in [3.8, 4) is 0 Å². The summed E-state index contributed by atoms with van der Waals surface area (Å²) in [4.78, 5) is 0. The Morgan fingerprint density at radius 3 is 2.92 bits per heavy atom. The highest BCUT2D eigenvalue weighted by molar-refractivity contribution is 7.10. The number of halogens is 1. The summed E-state index contributed by atoms with van der Waals surface area (Å²) in [5.41, 5.74) is 4.03. The quantitative estimate of drug-likeness (QED) is 0.533. The van der Waals surface area contributed by atoms with Crippen molar-refractivity contribution in [2.24, 2.45) is 0 Å². The summed E-state index contributed by atoms with van der Waals surface area (Å²) in [6, 6.07) is 8.46. The zero-order valence-corrected chi connectivity index (χ0v) is 7.81. The fourth-order valence-corrected chi connectivity index (χ4v) is 2.07. The zero-order chi connectivity index (χ0) is 8.55. The standard InChI is InChI=1S/C10H10BCl/c1-8-6-11(12)7-9-4-2-3-5-10(8)9/h2-6H,7H2,1H3. The molecule has 0 fully saturated rings. The van der Waals surface area contributed by atoms with Crippen LogP contribution in [-0.2, 0) is 6.32 Å². The van der Waals surface area contributed by atoms with Crippen LogP contribution in [0.25, 0.3) is 5.57 Å². The van der Waals surface area contributed by atoms with E-state index in [2.05, 4.69) is 37.2 Å². The Kier molecular flexibility index (Phi) is 1.97. The van der Waals surface area contributed by atoms with E-state index in [9.17, 15) is 0 Å². The number of hydrogen-bond donors (Lipinski definition) is 0. The van der Waals surface area contributed by atoms with E-state index < -0.39 is 0 Å². The molecule has 0 radical (unpaired) electrons. The Hall–Kier alpha value is -0.685. The molecule has 0 bridgehead atoms. The van der Waals surface area contributed by atoms with E-state index in [0.717, 1.165) is 6.32 Å². The molecule has 2 rings (SSSR count). The van der Waals surface area contributed by atoms with Gasteiger partial charge in [-0.1, -0.05) is 35.8 Å². The molecule has 1 aromatic carbocycles. The van der Waals surface area contributed by atoms with Crippen molar-refractivity contribution in [2.75, 3.05) is 0 Å². The fourth-order valence-electron chi connectivity index (χ4n) is 1.71. The molecule has 0 amide bonds. The van der Waals surface area contributed by atoms with Crippen LogP contribution in [0.5, 0.6) is 0 Å². The van der Waals surface area contributed by atoms with Crippen LogP contribution in [0.4, 0.5) is 0 Å². The first-order valence-corrected chi connectivity index (χ1v) is 4.62. The maximum absolute atomic E-state index is 6.06. The summed E-state index contributed by atoms with van der Waals surface area (Å²) in [6.45, 7) is 2.12. The molecule has 12 heavy (non-hydrogen) atoms. The van der Waals surface area contributed by atoms with E-state index in [0.29, 0.717) is 0 Å². The number of benzene rings is 1. The van der Waals surface area contributed by atoms with Crippen molar-refractivity contribution in [3.05, 3.63) is 41.4 Å². The second kappa shape index (κ2) is 2.99. The lowest BCUT2D eigenvalue weighted by atomic mass is 9.63. The normalized spacial score (nSPS) is 15.5. The van der Waals surface area contributed by atoms with Gasteiger partial charge in [-0.15, -0.1) is 0 Å². The van der Waals surface area contributed by atoms with Crippen LogP contribution in [0, 0.1) is 0 Å². The molecule has 0 spiro atoms. The second-order valence-corrected chi connectivity index (χ2v) is 3.79. The van der Waals surface area contributed by atoms with Gasteiger partial charge < -0.3 is 0 Å². The number of allylic oxidation sites excluding steroid dienone is 1. The van der Waals surface area contributed by atoms with Gasteiger partial charge in [0.2, 0.25) is 0 Å². The minimum Gasteiger partial charge on any atom is -0.189 e. The van der Waals surface area contributed by atoms with Gasteiger partial charge in [-0.2, -0.15) is 11.5 Å². The summed E-state index contributed by atoms with van der Waals surface area (Å²) >= 11 is 6.06. The summed E-state index contributed by atoms with van der Waals surface area (Å²) in [6.07, 6.45) is 1.15. The molecule has 1 aliphatic rings. The first-order chi connectivity index (χ1) is 5.77. The summed E-state index contributed by atoms with van der Waals surface area (Å²) in [5, 5.41) is 0. The van der Waals surface area contributed by atoms with Crippen LogP contribution in [0.15, 0.2) is 30.2 Å². The molecule has 1 aromatic rings. The van der Waals surface area contributed by atoms with Gasteiger partial charge in [0.05, 0.1) is 0 Å². The number of hydrogen-bond acceptors (Lipinski definition) is 0. The third-order valence-electron chi connectivity index (χ3n) is 2.29. The molecular formula is C10H10BCl. The molecule has 0 unspecified atom stereocenters. The molecule has 0 saturated heterocycles. The first-order valence-electron chi connectivity index (χ1n) is 4.18. The van der Waals surface area contributed by atoms with E-state index in [-0.39, 0.29) is 6.13 Å². The Labute approximate surface area is 78.2 Å². The second-order valence-electron chi connectivity index (χ2n) is 3.23. The summed E-state index contributed by atoms with van der Waals surface area (Å²) < 4.78 is 0. The molecule has 1 heterocycles. The Morgan fingerprint density at radius 1 is 1.33 bits per heavy atom. The molecule has 60 valence electrons. The molecule has 2 heteroatoms. The molecule has 0 aromatic heterocycles. The highest BCUT2D eigenvalue weighted by Gasteiger charge is 2.17. The first kappa shape index (κ1) is 7.94. The van der Waals surface area contributed by atoms with Crippen LogP contribution in [0.2, 0.25) is 0 Å². The van der Waals surface area contributed by atoms with E-state index in [1.807, 2.05) is 0 Å². The van der Waals surface area contributed by atoms with Crippen molar-refractivity contribution in [1.82, 2.24) is 0 Å². The minimum absolute atomic E-state index is 0.180. The van der Waals surface area contributed by atoms with E-state index in [4.69, 9.17) is 11.5 Å². The van der Waals surface area contributed by atoms with Crippen molar-refractivity contribution >= 4 is 23.2 Å². The van der Waals surface area contributed by atoms with Crippen molar-refractivity contribution in [3.63, 3.8) is 0 Å². The average molecular weight is 176 g/mol. The Morgan fingerprint density at radius 2 is 2.08 bits per heavy atom. The van der Waals surface area contributed by atoms with E-state index in [1.165, 1.54) is 16.7 Å². The van der Waals surface area contributed by atoms with Gasteiger partial charge >= 0.3 is 0 Å².